The van der Waals surface area contributed by atoms with Gasteiger partial charge in [-0.05, 0) is 37.3 Å². The molecule has 0 amide bonds. The first-order chi connectivity index (χ1) is 10.1. The lowest BCUT2D eigenvalue weighted by Gasteiger charge is -2.19. The molecule has 0 heterocycles. The minimum Gasteiger partial charge on any atom is -0.496 e. The number of hydrazine groups is 1. The molecule has 2 aromatic rings. The lowest BCUT2D eigenvalue weighted by Crippen LogP contribution is -2.30. The fourth-order valence-electron chi connectivity index (χ4n) is 2.02. The lowest BCUT2D eigenvalue weighted by molar-refractivity contribution is 0.401. The van der Waals surface area contributed by atoms with Crippen molar-refractivity contribution in [2.75, 3.05) is 12.9 Å². The average Bonchev–Trinajstić information content (AvgIpc) is 2.50. The third-order valence-corrected chi connectivity index (χ3v) is 4.31. The molecule has 112 valence electrons. The number of thioether (sulfide) groups is 1. The lowest BCUT2D eigenvalue weighted by atomic mass is 10.1. The second-order valence-corrected chi connectivity index (χ2v) is 5.82. The van der Waals surface area contributed by atoms with Crippen molar-refractivity contribution < 1.29 is 9.13 Å². The topological polar surface area (TPSA) is 47.3 Å². The molecule has 2 aromatic carbocycles. The highest BCUT2D eigenvalue weighted by atomic mass is 32.2. The molecule has 0 saturated heterocycles. The molecule has 0 spiro atoms. The summed E-state index contributed by atoms with van der Waals surface area (Å²) in [5, 5.41) is 0. The Morgan fingerprint density at radius 3 is 2.57 bits per heavy atom. The van der Waals surface area contributed by atoms with Crippen molar-refractivity contribution in [1.82, 2.24) is 5.43 Å². The number of nitrogens with two attached hydrogens (primary N) is 1. The van der Waals surface area contributed by atoms with Gasteiger partial charge in [0.1, 0.15) is 11.6 Å². The summed E-state index contributed by atoms with van der Waals surface area (Å²) < 4.78 is 18.7. The van der Waals surface area contributed by atoms with Gasteiger partial charge in [0, 0.05) is 16.2 Å². The number of rotatable bonds is 6. The highest BCUT2D eigenvalue weighted by Gasteiger charge is 2.16. The molecule has 0 aromatic heterocycles. The van der Waals surface area contributed by atoms with E-state index in [0.717, 1.165) is 10.5 Å². The Bertz CT molecular complexity index is 589. The SMILES string of the molecule is COc1ccc(F)cc1C(CSc1ccc(C)cc1)NN. The van der Waals surface area contributed by atoms with Crippen LogP contribution in [-0.2, 0) is 0 Å². The van der Waals surface area contributed by atoms with Crippen LogP contribution in [0.5, 0.6) is 5.75 Å². The van der Waals surface area contributed by atoms with Gasteiger partial charge in [0.15, 0.2) is 0 Å². The minimum atomic E-state index is -0.300. The number of methoxy groups -OCH3 is 1. The zero-order valence-corrected chi connectivity index (χ0v) is 12.9. The number of hydrogen-bond donors (Lipinski definition) is 2. The van der Waals surface area contributed by atoms with Gasteiger partial charge in [-0.2, -0.15) is 0 Å². The van der Waals surface area contributed by atoms with Crippen LogP contribution in [0.15, 0.2) is 47.4 Å². The van der Waals surface area contributed by atoms with E-state index in [4.69, 9.17) is 10.6 Å². The van der Waals surface area contributed by atoms with Gasteiger partial charge in [0.2, 0.25) is 0 Å². The maximum Gasteiger partial charge on any atom is 0.123 e. The fourth-order valence-corrected chi connectivity index (χ4v) is 2.98. The zero-order chi connectivity index (χ0) is 15.2. The standard InChI is InChI=1S/C16H19FN2OS/c1-11-3-6-13(7-4-11)21-10-15(19-18)14-9-12(17)5-8-16(14)20-2/h3-9,15,19H,10,18H2,1-2H3. The van der Waals surface area contributed by atoms with E-state index in [1.54, 1.807) is 24.9 Å². The molecule has 0 aliphatic rings. The molecular weight excluding hydrogens is 287 g/mol. The fraction of sp³-hybridized carbons (Fsp3) is 0.250. The molecule has 0 aliphatic heterocycles. The van der Waals surface area contributed by atoms with E-state index in [9.17, 15) is 4.39 Å². The highest BCUT2D eigenvalue weighted by molar-refractivity contribution is 7.99. The Hall–Kier alpha value is -1.56. The third kappa shape index (κ3) is 4.20. The second kappa shape index (κ2) is 7.45. The van der Waals surface area contributed by atoms with Crippen LogP contribution in [0.4, 0.5) is 4.39 Å². The Balaban J connectivity index is 2.12. The predicted octanol–water partition coefficient (Wildman–Crippen LogP) is 3.44. The van der Waals surface area contributed by atoms with Gasteiger partial charge in [0.05, 0.1) is 13.2 Å². The Labute approximate surface area is 128 Å². The van der Waals surface area contributed by atoms with E-state index in [1.807, 2.05) is 0 Å². The molecule has 0 aliphatic carbocycles. The maximum absolute atomic E-state index is 13.5. The second-order valence-electron chi connectivity index (χ2n) is 4.73. The molecule has 0 bridgehead atoms. The van der Waals surface area contributed by atoms with Gasteiger partial charge >= 0.3 is 0 Å². The van der Waals surface area contributed by atoms with Gasteiger partial charge < -0.3 is 4.74 Å². The summed E-state index contributed by atoms with van der Waals surface area (Å²) in [6.07, 6.45) is 0. The number of aryl methyl sites for hydroxylation is 1. The Morgan fingerprint density at radius 2 is 1.95 bits per heavy atom. The molecule has 1 atom stereocenters. The maximum atomic E-state index is 13.5. The largest absolute Gasteiger partial charge is 0.496 e. The summed E-state index contributed by atoms with van der Waals surface area (Å²) >= 11 is 1.66. The number of nitrogens with one attached hydrogen (secondary N) is 1. The van der Waals surface area contributed by atoms with Crippen molar-refractivity contribution in [2.45, 2.75) is 17.9 Å². The summed E-state index contributed by atoms with van der Waals surface area (Å²) in [5.74, 6) is 6.63. The van der Waals surface area contributed by atoms with Gasteiger partial charge in [-0.15, -0.1) is 11.8 Å². The first-order valence-corrected chi connectivity index (χ1v) is 7.61. The summed E-state index contributed by atoms with van der Waals surface area (Å²) in [5.41, 5.74) is 4.68. The first kappa shape index (κ1) is 15.8. The summed E-state index contributed by atoms with van der Waals surface area (Å²) in [6.45, 7) is 2.05. The summed E-state index contributed by atoms with van der Waals surface area (Å²) in [7, 11) is 1.57. The van der Waals surface area contributed by atoms with Gasteiger partial charge in [-0.1, -0.05) is 17.7 Å². The number of benzene rings is 2. The van der Waals surface area contributed by atoms with Crippen LogP contribution in [0.2, 0.25) is 0 Å². The van der Waals surface area contributed by atoms with E-state index in [-0.39, 0.29) is 11.9 Å². The van der Waals surface area contributed by atoms with E-state index < -0.39 is 0 Å². The smallest absolute Gasteiger partial charge is 0.123 e. The van der Waals surface area contributed by atoms with E-state index in [2.05, 4.69) is 36.6 Å². The zero-order valence-electron chi connectivity index (χ0n) is 12.1. The summed E-state index contributed by atoms with van der Waals surface area (Å²) in [6, 6.07) is 12.5. The van der Waals surface area contributed by atoms with Crippen LogP contribution in [0.1, 0.15) is 17.2 Å². The Morgan fingerprint density at radius 1 is 1.24 bits per heavy atom. The molecular formula is C16H19FN2OS. The first-order valence-electron chi connectivity index (χ1n) is 6.63. The monoisotopic (exact) mass is 306 g/mol. The minimum absolute atomic E-state index is 0.193. The number of ether oxygens (including phenoxy) is 1. The van der Waals surface area contributed by atoms with Crippen molar-refractivity contribution in [3.63, 3.8) is 0 Å². The van der Waals surface area contributed by atoms with Crippen molar-refractivity contribution >= 4 is 11.8 Å². The van der Waals surface area contributed by atoms with Crippen LogP contribution < -0.4 is 16.0 Å². The van der Waals surface area contributed by atoms with Crippen LogP contribution in [-0.4, -0.2) is 12.9 Å². The normalized spacial score (nSPS) is 12.2. The van der Waals surface area contributed by atoms with Crippen LogP contribution in [0, 0.1) is 12.7 Å². The molecule has 2 rings (SSSR count). The Kier molecular flexibility index (Phi) is 5.61. The van der Waals surface area contributed by atoms with Crippen molar-refractivity contribution in [1.29, 1.82) is 0 Å². The van der Waals surface area contributed by atoms with E-state index in [0.29, 0.717) is 11.5 Å². The molecule has 5 heteroatoms. The average molecular weight is 306 g/mol. The molecule has 3 nitrogen and oxygen atoms in total. The van der Waals surface area contributed by atoms with Crippen molar-refractivity contribution in [3.05, 3.63) is 59.4 Å². The van der Waals surface area contributed by atoms with Crippen molar-refractivity contribution in [2.24, 2.45) is 5.84 Å². The van der Waals surface area contributed by atoms with Crippen molar-refractivity contribution in [3.8, 4) is 5.75 Å². The molecule has 0 fully saturated rings. The predicted molar refractivity (Wildman–Crippen MR) is 84.9 cm³/mol. The third-order valence-electron chi connectivity index (χ3n) is 3.21. The number of halogens is 1. The van der Waals surface area contributed by atoms with Gasteiger partial charge in [0.25, 0.3) is 0 Å². The molecule has 1 unspecified atom stereocenters. The molecule has 21 heavy (non-hydrogen) atoms. The quantitative estimate of drug-likeness (QED) is 0.487. The van der Waals surface area contributed by atoms with Gasteiger partial charge in [-0.25, -0.2) is 4.39 Å². The highest BCUT2D eigenvalue weighted by Crippen LogP contribution is 2.30. The van der Waals surface area contributed by atoms with Crippen LogP contribution >= 0.6 is 11.8 Å². The van der Waals surface area contributed by atoms with Gasteiger partial charge in [-0.3, -0.25) is 11.3 Å². The van der Waals surface area contributed by atoms with Crippen LogP contribution in [0.3, 0.4) is 0 Å². The molecule has 0 radical (unpaired) electrons. The molecule has 0 saturated carbocycles. The van der Waals surface area contributed by atoms with Crippen LogP contribution in [0.25, 0.3) is 0 Å². The summed E-state index contributed by atoms with van der Waals surface area (Å²) in [4.78, 5) is 1.15. The van der Waals surface area contributed by atoms with E-state index >= 15 is 0 Å². The molecule has 3 N–H and O–H groups in total. The number of hydrogen-bond acceptors (Lipinski definition) is 4. The van der Waals surface area contributed by atoms with E-state index in [1.165, 1.54) is 17.7 Å².